The Balaban J connectivity index is 1.75. The number of halogens is 1. The maximum Gasteiger partial charge on any atom is 0.236 e. The van der Waals surface area contributed by atoms with Gasteiger partial charge in [-0.1, -0.05) is 28.8 Å². The summed E-state index contributed by atoms with van der Waals surface area (Å²) in [6.07, 6.45) is 7.56. The van der Waals surface area contributed by atoms with Crippen LogP contribution >= 0.6 is 15.9 Å². The largest absolute Gasteiger partial charge is 0.340 e. The Morgan fingerprint density at radius 2 is 2.00 bits per heavy atom. The van der Waals surface area contributed by atoms with Gasteiger partial charge < -0.3 is 9.80 Å². The lowest BCUT2D eigenvalue weighted by Gasteiger charge is -2.32. The van der Waals surface area contributed by atoms with E-state index in [0.717, 1.165) is 38.5 Å². The molecule has 0 aromatic heterocycles. The lowest BCUT2D eigenvalue weighted by Crippen LogP contribution is -2.46. The minimum Gasteiger partial charge on any atom is -0.340 e. The molecule has 4 heteroatoms. The highest BCUT2D eigenvalue weighted by atomic mass is 79.9. The van der Waals surface area contributed by atoms with Crippen LogP contribution in [0.4, 0.5) is 0 Å². The SMILES string of the molecule is CN(CCN1CCCC(Br)C1=O)C1CCCC1. The maximum atomic E-state index is 11.9. The predicted molar refractivity (Wildman–Crippen MR) is 73.4 cm³/mol. The van der Waals surface area contributed by atoms with E-state index in [1.165, 1.54) is 25.7 Å². The first-order valence-electron chi connectivity index (χ1n) is 6.81. The fraction of sp³-hybridized carbons (Fsp3) is 0.923. The molecule has 0 aromatic carbocycles. The Labute approximate surface area is 113 Å². The molecular formula is C13H23BrN2O. The van der Waals surface area contributed by atoms with Gasteiger partial charge in [0.15, 0.2) is 0 Å². The number of alkyl halides is 1. The van der Waals surface area contributed by atoms with E-state index < -0.39 is 0 Å². The van der Waals surface area contributed by atoms with Gasteiger partial charge in [0.05, 0.1) is 4.83 Å². The summed E-state index contributed by atoms with van der Waals surface area (Å²) in [6.45, 7) is 2.86. The third-order valence-electron chi connectivity index (χ3n) is 4.14. The topological polar surface area (TPSA) is 23.6 Å². The first-order chi connectivity index (χ1) is 8.18. The third kappa shape index (κ3) is 3.44. The zero-order chi connectivity index (χ0) is 12.3. The highest BCUT2D eigenvalue weighted by Crippen LogP contribution is 2.23. The van der Waals surface area contributed by atoms with Gasteiger partial charge in [-0.25, -0.2) is 0 Å². The quantitative estimate of drug-likeness (QED) is 0.744. The van der Waals surface area contributed by atoms with Gasteiger partial charge in [-0.2, -0.15) is 0 Å². The highest BCUT2D eigenvalue weighted by Gasteiger charge is 2.27. The smallest absolute Gasteiger partial charge is 0.236 e. The molecule has 1 heterocycles. The van der Waals surface area contributed by atoms with Gasteiger partial charge in [-0.05, 0) is 32.7 Å². The first-order valence-corrected chi connectivity index (χ1v) is 7.73. The van der Waals surface area contributed by atoms with Gasteiger partial charge >= 0.3 is 0 Å². The van der Waals surface area contributed by atoms with E-state index in [1.807, 2.05) is 4.90 Å². The van der Waals surface area contributed by atoms with Crippen LogP contribution < -0.4 is 0 Å². The van der Waals surface area contributed by atoms with E-state index in [-0.39, 0.29) is 10.7 Å². The van der Waals surface area contributed by atoms with Crippen molar-refractivity contribution in [2.75, 3.05) is 26.7 Å². The van der Waals surface area contributed by atoms with Gasteiger partial charge in [0, 0.05) is 25.7 Å². The second-order valence-electron chi connectivity index (χ2n) is 5.35. The Hall–Kier alpha value is -0.0900. The van der Waals surface area contributed by atoms with Crippen molar-refractivity contribution in [3.05, 3.63) is 0 Å². The van der Waals surface area contributed by atoms with Crippen LogP contribution in [0.2, 0.25) is 0 Å². The number of nitrogens with zero attached hydrogens (tertiary/aromatic N) is 2. The molecule has 1 saturated heterocycles. The number of hydrogen-bond donors (Lipinski definition) is 0. The molecule has 0 spiro atoms. The fourth-order valence-electron chi connectivity index (χ4n) is 2.92. The molecule has 0 aromatic rings. The van der Waals surface area contributed by atoms with Gasteiger partial charge in [0.25, 0.3) is 0 Å². The zero-order valence-corrected chi connectivity index (χ0v) is 12.3. The van der Waals surface area contributed by atoms with Gasteiger partial charge in [0.1, 0.15) is 0 Å². The number of likely N-dealkylation sites (tertiary alicyclic amines) is 1. The Morgan fingerprint density at radius 3 is 2.71 bits per heavy atom. The second kappa shape index (κ2) is 6.19. The van der Waals surface area contributed by atoms with E-state index in [2.05, 4.69) is 27.9 Å². The molecule has 1 unspecified atom stereocenters. The molecule has 2 fully saturated rings. The zero-order valence-electron chi connectivity index (χ0n) is 10.7. The van der Waals surface area contributed by atoms with Crippen molar-refractivity contribution in [3.63, 3.8) is 0 Å². The van der Waals surface area contributed by atoms with Crippen LogP contribution in [0.5, 0.6) is 0 Å². The molecule has 1 saturated carbocycles. The van der Waals surface area contributed by atoms with E-state index >= 15 is 0 Å². The van der Waals surface area contributed by atoms with Crippen LogP contribution in [0.1, 0.15) is 38.5 Å². The Bertz CT molecular complexity index is 266. The van der Waals surface area contributed by atoms with Crippen LogP contribution in [0.15, 0.2) is 0 Å². The van der Waals surface area contributed by atoms with Crippen LogP contribution in [0.3, 0.4) is 0 Å². The minimum atomic E-state index is 0.0630. The van der Waals surface area contributed by atoms with Crippen molar-refractivity contribution in [1.29, 1.82) is 0 Å². The number of piperidine rings is 1. The van der Waals surface area contributed by atoms with E-state index in [0.29, 0.717) is 0 Å². The Kier molecular flexibility index (Phi) is 4.86. The van der Waals surface area contributed by atoms with Crippen molar-refractivity contribution in [2.45, 2.75) is 49.4 Å². The summed E-state index contributed by atoms with van der Waals surface area (Å²) >= 11 is 3.46. The predicted octanol–water partition coefficient (Wildman–Crippen LogP) is 2.25. The van der Waals surface area contributed by atoms with Crippen molar-refractivity contribution >= 4 is 21.8 Å². The summed E-state index contributed by atoms with van der Waals surface area (Å²) in [4.78, 5) is 16.4. The number of carbonyl (C=O) groups is 1. The fourth-order valence-corrected chi connectivity index (χ4v) is 3.53. The average molecular weight is 303 g/mol. The summed E-state index contributed by atoms with van der Waals surface area (Å²) < 4.78 is 0. The maximum absolute atomic E-state index is 11.9. The monoisotopic (exact) mass is 302 g/mol. The molecule has 2 rings (SSSR count). The van der Waals surface area contributed by atoms with E-state index in [4.69, 9.17) is 0 Å². The molecule has 17 heavy (non-hydrogen) atoms. The molecule has 0 N–H and O–H groups in total. The Morgan fingerprint density at radius 1 is 1.29 bits per heavy atom. The minimum absolute atomic E-state index is 0.0630. The van der Waals surface area contributed by atoms with Gasteiger partial charge in [0.2, 0.25) is 5.91 Å². The molecule has 1 aliphatic carbocycles. The molecule has 3 nitrogen and oxygen atoms in total. The lowest BCUT2D eigenvalue weighted by atomic mass is 10.1. The molecule has 1 aliphatic heterocycles. The first kappa shape index (κ1) is 13.3. The molecule has 2 aliphatic rings. The van der Waals surface area contributed by atoms with Crippen LogP contribution in [-0.4, -0.2) is 53.3 Å². The summed E-state index contributed by atoms with van der Waals surface area (Å²) in [5.74, 6) is 0.288. The molecular weight excluding hydrogens is 280 g/mol. The van der Waals surface area contributed by atoms with Gasteiger partial charge in [-0.3, -0.25) is 4.79 Å². The number of carbonyl (C=O) groups excluding carboxylic acids is 1. The molecule has 98 valence electrons. The summed E-state index contributed by atoms with van der Waals surface area (Å²) in [5, 5.41) is 0. The van der Waals surface area contributed by atoms with E-state index in [1.54, 1.807) is 0 Å². The van der Waals surface area contributed by atoms with Crippen molar-refractivity contribution < 1.29 is 4.79 Å². The third-order valence-corrected chi connectivity index (χ3v) is 4.99. The number of amides is 1. The molecule has 1 amide bonds. The second-order valence-corrected chi connectivity index (χ2v) is 6.46. The van der Waals surface area contributed by atoms with Crippen molar-refractivity contribution in [3.8, 4) is 0 Å². The van der Waals surface area contributed by atoms with E-state index in [9.17, 15) is 4.79 Å². The van der Waals surface area contributed by atoms with Crippen molar-refractivity contribution in [2.24, 2.45) is 0 Å². The van der Waals surface area contributed by atoms with Crippen LogP contribution in [0.25, 0.3) is 0 Å². The summed E-state index contributed by atoms with van der Waals surface area (Å²) in [6, 6.07) is 0.759. The van der Waals surface area contributed by atoms with Gasteiger partial charge in [-0.15, -0.1) is 0 Å². The number of rotatable bonds is 4. The molecule has 1 atom stereocenters. The molecule has 0 bridgehead atoms. The number of hydrogen-bond acceptors (Lipinski definition) is 2. The van der Waals surface area contributed by atoms with Crippen molar-refractivity contribution in [1.82, 2.24) is 9.80 Å². The van der Waals surface area contributed by atoms with Crippen LogP contribution in [-0.2, 0) is 4.79 Å². The normalized spacial score (nSPS) is 27.1. The standard InChI is InChI=1S/C13H23BrN2O/c1-15(11-5-2-3-6-11)9-10-16-8-4-7-12(14)13(16)17/h11-12H,2-10H2,1H3. The lowest BCUT2D eigenvalue weighted by molar-refractivity contribution is -0.132. The molecule has 0 radical (unpaired) electrons. The number of likely N-dealkylation sites (N-methyl/N-ethyl adjacent to an activating group) is 1. The highest BCUT2D eigenvalue weighted by molar-refractivity contribution is 9.10. The summed E-state index contributed by atoms with van der Waals surface area (Å²) in [5.41, 5.74) is 0. The van der Waals surface area contributed by atoms with Crippen LogP contribution in [0, 0.1) is 0 Å². The summed E-state index contributed by atoms with van der Waals surface area (Å²) in [7, 11) is 2.20. The average Bonchev–Trinajstić information content (AvgIpc) is 2.84.